The second-order valence-corrected chi connectivity index (χ2v) is 7.43. The Kier molecular flexibility index (Phi) is 4.35. The Morgan fingerprint density at radius 2 is 1.88 bits per heavy atom. The van der Waals surface area contributed by atoms with Gasteiger partial charge in [0, 0.05) is 0 Å². The van der Waals surface area contributed by atoms with E-state index in [0.29, 0.717) is 0 Å². The van der Waals surface area contributed by atoms with E-state index in [2.05, 4.69) is 15.3 Å². The fourth-order valence-electron chi connectivity index (χ4n) is 3.23. The first-order valence-electron chi connectivity index (χ1n) is 8.50. The zero-order valence-electron chi connectivity index (χ0n) is 14.6. The van der Waals surface area contributed by atoms with Gasteiger partial charge in [0.05, 0.1) is 11.9 Å². The summed E-state index contributed by atoms with van der Waals surface area (Å²) in [6.07, 6.45) is 5.32. The number of rotatable bonds is 3. The van der Waals surface area contributed by atoms with Crippen LogP contribution in [0.1, 0.15) is 52.3 Å². The van der Waals surface area contributed by atoms with Crippen molar-refractivity contribution in [2.75, 3.05) is 0 Å². The monoisotopic (exact) mass is 327 g/mol. The standard InChI is InChI=1S/C19H25N3O2/c1-18(2,3)24-17(23)22-19(11-7-8-12-19)16-20-13-15(21-16)14-9-5-4-6-10-14/h4-6,9-10,13H,7-8,11-12H2,1-3H3,(H,20,21)(H,22,23). The van der Waals surface area contributed by atoms with Gasteiger partial charge in [0.15, 0.2) is 0 Å². The minimum Gasteiger partial charge on any atom is -0.444 e. The smallest absolute Gasteiger partial charge is 0.408 e. The largest absolute Gasteiger partial charge is 0.444 e. The number of alkyl carbamates (subject to hydrolysis) is 1. The van der Waals surface area contributed by atoms with Crippen LogP contribution in [0.2, 0.25) is 0 Å². The van der Waals surface area contributed by atoms with Gasteiger partial charge in [0.1, 0.15) is 17.0 Å². The molecule has 1 aromatic carbocycles. The average molecular weight is 327 g/mol. The highest BCUT2D eigenvalue weighted by molar-refractivity contribution is 5.69. The van der Waals surface area contributed by atoms with Crippen LogP contribution in [0, 0.1) is 0 Å². The molecule has 0 radical (unpaired) electrons. The molecule has 0 saturated heterocycles. The summed E-state index contributed by atoms with van der Waals surface area (Å²) in [4.78, 5) is 20.3. The third kappa shape index (κ3) is 3.61. The van der Waals surface area contributed by atoms with Crippen molar-refractivity contribution < 1.29 is 9.53 Å². The maximum Gasteiger partial charge on any atom is 0.408 e. The van der Waals surface area contributed by atoms with Gasteiger partial charge in [-0.15, -0.1) is 0 Å². The van der Waals surface area contributed by atoms with E-state index in [-0.39, 0.29) is 6.09 Å². The minimum absolute atomic E-state index is 0.387. The predicted molar refractivity (Wildman–Crippen MR) is 93.5 cm³/mol. The second kappa shape index (κ2) is 6.30. The molecule has 3 rings (SSSR count). The van der Waals surface area contributed by atoms with Crippen molar-refractivity contribution in [3.05, 3.63) is 42.4 Å². The summed E-state index contributed by atoms with van der Waals surface area (Å²) in [6.45, 7) is 5.61. The van der Waals surface area contributed by atoms with Crippen LogP contribution < -0.4 is 5.32 Å². The van der Waals surface area contributed by atoms with E-state index in [9.17, 15) is 4.79 Å². The average Bonchev–Trinajstić information content (AvgIpc) is 3.15. The minimum atomic E-state index is -0.512. The van der Waals surface area contributed by atoms with E-state index in [1.54, 1.807) is 0 Å². The summed E-state index contributed by atoms with van der Waals surface area (Å²) in [6, 6.07) is 10.1. The molecule has 0 bridgehead atoms. The quantitative estimate of drug-likeness (QED) is 0.879. The molecule has 1 amide bonds. The molecule has 1 saturated carbocycles. The maximum absolute atomic E-state index is 12.3. The van der Waals surface area contributed by atoms with Crippen LogP contribution in [0.4, 0.5) is 4.79 Å². The summed E-state index contributed by atoms with van der Waals surface area (Å²) in [5.74, 6) is 0.810. The second-order valence-electron chi connectivity index (χ2n) is 7.43. The van der Waals surface area contributed by atoms with Crippen LogP contribution in [-0.2, 0) is 10.3 Å². The van der Waals surface area contributed by atoms with E-state index in [0.717, 1.165) is 42.8 Å². The van der Waals surface area contributed by atoms with Crippen LogP contribution in [0.25, 0.3) is 11.3 Å². The number of nitrogens with one attached hydrogen (secondary N) is 2. The van der Waals surface area contributed by atoms with Gasteiger partial charge in [-0.05, 0) is 39.2 Å². The van der Waals surface area contributed by atoms with Gasteiger partial charge in [-0.25, -0.2) is 9.78 Å². The summed E-state index contributed by atoms with van der Waals surface area (Å²) in [7, 11) is 0. The van der Waals surface area contributed by atoms with E-state index in [1.165, 1.54) is 0 Å². The van der Waals surface area contributed by atoms with Crippen molar-refractivity contribution in [2.45, 2.75) is 57.6 Å². The van der Waals surface area contributed by atoms with Crippen LogP contribution in [-0.4, -0.2) is 21.7 Å². The molecule has 0 aliphatic heterocycles. The van der Waals surface area contributed by atoms with Crippen LogP contribution in [0.5, 0.6) is 0 Å². The molecule has 2 aromatic rings. The number of hydrogen-bond acceptors (Lipinski definition) is 3. The lowest BCUT2D eigenvalue weighted by Gasteiger charge is -2.30. The van der Waals surface area contributed by atoms with Crippen LogP contribution in [0.15, 0.2) is 36.5 Å². The Labute approximate surface area is 142 Å². The van der Waals surface area contributed by atoms with Crippen molar-refractivity contribution in [1.82, 2.24) is 15.3 Å². The van der Waals surface area contributed by atoms with Crippen LogP contribution in [0.3, 0.4) is 0 Å². The zero-order chi connectivity index (χ0) is 17.2. The summed E-state index contributed by atoms with van der Waals surface area (Å²) in [5.41, 5.74) is 1.07. The Morgan fingerprint density at radius 3 is 2.50 bits per heavy atom. The summed E-state index contributed by atoms with van der Waals surface area (Å²) >= 11 is 0. The molecule has 1 aliphatic carbocycles. The molecule has 128 valence electrons. The van der Waals surface area contributed by atoms with Gasteiger partial charge in [-0.2, -0.15) is 0 Å². The molecule has 24 heavy (non-hydrogen) atoms. The van der Waals surface area contributed by atoms with Crippen molar-refractivity contribution in [3.63, 3.8) is 0 Å². The van der Waals surface area contributed by atoms with E-state index < -0.39 is 11.1 Å². The van der Waals surface area contributed by atoms with Gasteiger partial charge in [0.2, 0.25) is 0 Å². The molecule has 0 spiro atoms. The molecular weight excluding hydrogens is 302 g/mol. The topological polar surface area (TPSA) is 67.0 Å². The molecule has 1 heterocycles. The van der Waals surface area contributed by atoms with Gasteiger partial charge in [-0.3, -0.25) is 0 Å². The van der Waals surface area contributed by atoms with Gasteiger partial charge < -0.3 is 15.0 Å². The Bertz CT molecular complexity index is 695. The number of amides is 1. The number of aromatic amines is 1. The lowest BCUT2D eigenvalue weighted by molar-refractivity contribution is 0.0448. The number of carbonyl (C=O) groups excluding carboxylic acids is 1. The first-order valence-corrected chi connectivity index (χ1v) is 8.50. The van der Waals surface area contributed by atoms with E-state index in [4.69, 9.17) is 4.74 Å². The third-order valence-electron chi connectivity index (χ3n) is 4.31. The van der Waals surface area contributed by atoms with Crippen molar-refractivity contribution >= 4 is 6.09 Å². The van der Waals surface area contributed by atoms with Crippen molar-refractivity contribution in [1.29, 1.82) is 0 Å². The molecular formula is C19H25N3O2. The molecule has 5 heteroatoms. The van der Waals surface area contributed by atoms with E-state index >= 15 is 0 Å². The highest BCUT2D eigenvalue weighted by atomic mass is 16.6. The molecule has 2 N–H and O–H groups in total. The fraction of sp³-hybridized carbons (Fsp3) is 0.474. The third-order valence-corrected chi connectivity index (χ3v) is 4.31. The number of carbonyl (C=O) groups is 1. The normalized spacial score (nSPS) is 16.8. The SMILES string of the molecule is CC(C)(C)OC(=O)NC1(c2ncc(-c3ccccc3)[nH]2)CCCC1. The van der Waals surface area contributed by atoms with Crippen molar-refractivity contribution in [3.8, 4) is 11.3 Å². The summed E-state index contributed by atoms with van der Waals surface area (Å²) < 4.78 is 5.45. The molecule has 0 atom stereocenters. The highest BCUT2D eigenvalue weighted by Crippen LogP contribution is 2.38. The van der Waals surface area contributed by atoms with Crippen molar-refractivity contribution in [2.24, 2.45) is 0 Å². The number of hydrogen-bond donors (Lipinski definition) is 2. The Balaban J connectivity index is 1.83. The van der Waals surface area contributed by atoms with Crippen LogP contribution >= 0.6 is 0 Å². The van der Waals surface area contributed by atoms with Gasteiger partial charge in [-0.1, -0.05) is 43.2 Å². The first-order chi connectivity index (χ1) is 11.4. The molecule has 1 fully saturated rings. The summed E-state index contributed by atoms with van der Waals surface area (Å²) in [5, 5.41) is 3.08. The maximum atomic E-state index is 12.3. The predicted octanol–water partition coefficient (Wildman–Crippen LogP) is 4.37. The Morgan fingerprint density at radius 1 is 1.21 bits per heavy atom. The number of imidazole rings is 1. The molecule has 0 unspecified atom stereocenters. The number of H-pyrrole nitrogens is 1. The number of benzene rings is 1. The van der Waals surface area contributed by atoms with E-state index in [1.807, 2.05) is 57.3 Å². The molecule has 1 aromatic heterocycles. The highest BCUT2D eigenvalue weighted by Gasteiger charge is 2.40. The van der Waals surface area contributed by atoms with Gasteiger partial charge in [0.25, 0.3) is 0 Å². The lowest BCUT2D eigenvalue weighted by Crippen LogP contribution is -2.46. The van der Waals surface area contributed by atoms with Gasteiger partial charge >= 0.3 is 6.09 Å². The first kappa shape index (κ1) is 16.6. The molecule has 5 nitrogen and oxygen atoms in total. The number of nitrogens with zero attached hydrogens (tertiary/aromatic N) is 1. The zero-order valence-corrected chi connectivity index (χ0v) is 14.6. The number of aromatic nitrogens is 2. The number of ether oxygens (including phenoxy) is 1. The Hall–Kier alpha value is -2.30. The lowest BCUT2D eigenvalue weighted by atomic mass is 9.97. The fourth-order valence-corrected chi connectivity index (χ4v) is 3.23. The molecule has 1 aliphatic rings.